The number of halogens is 1. The standard InChI is InChI=1S/C17H18FN3O3/c18-14-3-1-12(2-4-14)11-21-10-7-19-15(16(21)22)20-8-5-13(6-9-20)17(23)24/h1-4,7,10,13H,5-6,8-9,11H2,(H,23,24). The Morgan fingerprint density at radius 1 is 1.25 bits per heavy atom. The van der Waals surface area contributed by atoms with E-state index in [-0.39, 0.29) is 17.3 Å². The molecule has 2 aromatic rings. The van der Waals surface area contributed by atoms with Crippen LogP contribution in [-0.4, -0.2) is 33.7 Å². The highest BCUT2D eigenvalue weighted by molar-refractivity contribution is 5.70. The smallest absolute Gasteiger partial charge is 0.306 e. The van der Waals surface area contributed by atoms with Gasteiger partial charge in [0.15, 0.2) is 5.82 Å². The highest BCUT2D eigenvalue weighted by Crippen LogP contribution is 2.19. The Hall–Kier alpha value is -2.70. The number of carbonyl (C=O) groups is 1. The number of aromatic nitrogens is 2. The van der Waals surface area contributed by atoms with E-state index in [0.29, 0.717) is 38.3 Å². The monoisotopic (exact) mass is 331 g/mol. The minimum absolute atomic E-state index is 0.226. The van der Waals surface area contributed by atoms with Crippen LogP contribution >= 0.6 is 0 Å². The highest BCUT2D eigenvalue weighted by atomic mass is 19.1. The molecule has 24 heavy (non-hydrogen) atoms. The van der Waals surface area contributed by atoms with Gasteiger partial charge in [-0.05, 0) is 30.5 Å². The highest BCUT2D eigenvalue weighted by Gasteiger charge is 2.26. The van der Waals surface area contributed by atoms with Gasteiger partial charge in [0.25, 0.3) is 5.56 Å². The Kier molecular flexibility index (Phi) is 4.59. The van der Waals surface area contributed by atoms with Crippen molar-refractivity contribution in [1.29, 1.82) is 0 Å². The predicted octanol–water partition coefficient (Wildman–Crippen LogP) is 1.73. The van der Waals surface area contributed by atoms with Gasteiger partial charge in [0.05, 0.1) is 12.5 Å². The van der Waals surface area contributed by atoms with Crippen molar-refractivity contribution in [3.05, 3.63) is 58.4 Å². The Morgan fingerprint density at radius 3 is 2.54 bits per heavy atom. The zero-order valence-electron chi connectivity index (χ0n) is 13.1. The van der Waals surface area contributed by atoms with Crippen LogP contribution in [0.25, 0.3) is 0 Å². The van der Waals surface area contributed by atoms with E-state index in [4.69, 9.17) is 5.11 Å². The molecule has 1 aliphatic heterocycles. The molecule has 0 aliphatic carbocycles. The molecule has 0 saturated carbocycles. The van der Waals surface area contributed by atoms with Gasteiger partial charge in [-0.1, -0.05) is 12.1 Å². The van der Waals surface area contributed by atoms with Gasteiger partial charge < -0.3 is 14.6 Å². The van der Waals surface area contributed by atoms with Gasteiger partial charge in [-0.2, -0.15) is 0 Å². The molecule has 0 bridgehead atoms. The molecule has 126 valence electrons. The molecule has 0 spiro atoms. The number of rotatable bonds is 4. The van der Waals surface area contributed by atoms with E-state index in [1.165, 1.54) is 16.7 Å². The molecule has 7 heteroatoms. The first-order valence-electron chi connectivity index (χ1n) is 7.82. The zero-order chi connectivity index (χ0) is 17.1. The second kappa shape index (κ2) is 6.82. The maximum absolute atomic E-state index is 13.0. The third kappa shape index (κ3) is 3.45. The molecule has 0 unspecified atom stereocenters. The summed E-state index contributed by atoms with van der Waals surface area (Å²) in [6.07, 6.45) is 4.16. The summed E-state index contributed by atoms with van der Waals surface area (Å²) < 4.78 is 14.5. The molecular formula is C17H18FN3O3. The summed E-state index contributed by atoms with van der Waals surface area (Å²) in [5, 5.41) is 9.05. The number of carboxylic acid groups (broad SMARTS) is 1. The van der Waals surface area contributed by atoms with E-state index in [0.717, 1.165) is 5.56 Å². The van der Waals surface area contributed by atoms with Crippen LogP contribution < -0.4 is 10.5 Å². The molecule has 0 amide bonds. The Bertz CT molecular complexity index is 780. The molecule has 1 aromatic carbocycles. The van der Waals surface area contributed by atoms with Crippen molar-refractivity contribution < 1.29 is 14.3 Å². The normalized spacial score (nSPS) is 15.5. The minimum atomic E-state index is -0.788. The Morgan fingerprint density at radius 2 is 1.92 bits per heavy atom. The minimum Gasteiger partial charge on any atom is -0.481 e. The molecule has 1 aliphatic rings. The van der Waals surface area contributed by atoms with Crippen molar-refractivity contribution in [2.75, 3.05) is 18.0 Å². The fraction of sp³-hybridized carbons (Fsp3) is 0.353. The van der Waals surface area contributed by atoms with Crippen molar-refractivity contribution >= 4 is 11.8 Å². The van der Waals surface area contributed by atoms with E-state index in [9.17, 15) is 14.0 Å². The second-order valence-electron chi connectivity index (χ2n) is 5.91. The molecule has 0 atom stereocenters. The largest absolute Gasteiger partial charge is 0.481 e. The summed E-state index contributed by atoms with van der Waals surface area (Å²) in [5.74, 6) is -1.12. The second-order valence-corrected chi connectivity index (χ2v) is 5.91. The summed E-state index contributed by atoms with van der Waals surface area (Å²) in [6.45, 7) is 1.33. The summed E-state index contributed by atoms with van der Waals surface area (Å²) in [4.78, 5) is 29.7. The van der Waals surface area contributed by atoms with Crippen LogP contribution in [0.4, 0.5) is 10.2 Å². The first-order chi connectivity index (χ1) is 11.5. The fourth-order valence-corrected chi connectivity index (χ4v) is 2.90. The maximum Gasteiger partial charge on any atom is 0.306 e. The SMILES string of the molecule is O=C(O)C1CCN(c2nccn(Cc3ccc(F)cc3)c2=O)CC1. The molecule has 6 nitrogen and oxygen atoms in total. The Labute approximate surface area is 138 Å². The van der Waals surface area contributed by atoms with Crippen molar-refractivity contribution in [2.24, 2.45) is 5.92 Å². The number of carboxylic acids is 1. The first-order valence-corrected chi connectivity index (χ1v) is 7.82. The van der Waals surface area contributed by atoms with E-state index in [1.54, 1.807) is 24.5 Å². The topological polar surface area (TPSA) is 75.4 Å². The zero-order valence-corrected chi connectivity index (χ0v) is 13.1. The molecular weight excluding hydrogens is 313 g/mol. The van der Waals surface area contributed by atoms with Crippen molar-refractivity contribution in [3.8, 4) is 0 Å². The summed E-state index contributed by atoms with van der Waals surface area (Å²) in [6, 6.07) is 6.00. The van der Waals surface area contributed by atoms with Gasteiger partial charge in [0.1, 0.15) is 5.82 Å². The maximum atomic E-state index is 13.0. The van der Waals surface area contributed by atoms with Crippen LogP contribution in [-0.2, 0) is 11.3 Å². The van der Waals surface area contributed by atoms with Crippen LogP contribution in [0.15, 0.2) is 41.5 Å². The van der Waals surface area contributed by atoms with E-state index in [2.05, 4.69) is 4.98 Å². The summed E-state index contributed by atoms with van der Waals surface area (Å²) >= 11 is 0. The van der Waals surface area contributed by atoms with Crippen molar-refractivity contribution in [2.45, 2.75) is 19.4 Å². The van der Waals surface area contributed by atoms with E-state index in [1.807, 2.05) is 4.90 Å². The lowest BCUT2D eigenvalue weighted by atomic mass is 9.97. The van der Waals surface area contributed by atoms with Gasteiger partial charge >= 0.3 is 5.97 Å². The average Bonchev–Trinajstić information content (AvgIpc) is 2.59. The number of piperidine rings is 1. The fourth-order valence-electron chi connectivity index (χ4n) is 2.90. The van der Waals surface area contributed by atoms with Crippen LogP contribution in [0.3, 0.4) is 0 Å². The lowest BCUT2D eigenvalue weighted by Crippen LogP contribution is -2.40. The molecule has 1 saturated heterocycles. The van der Waals surface area contributed by atoms with Gasteiger partial charge in [0.2, 0.25) is 0 Å². The number of hydrogen-bond acceptors (Lipinski definition) is 4. The quantitative estimate of drug-likeness (QED) is 0.923. The number of anilines is 1. The van der Waals surface area contributed by atoms with Gasteiger partial charge in [-0.25, -0.2) is 9.37 Å². The number of aliphatic carboxylic acids is 1. The number of hydrogen-bond donors (Lipinski definition) is 1. The van der Waals surface area contributed by atoms with Crippen LogP contribution in [0.1, 0.15) is 18.4 Å². The number of nitrogens with zero attached hydrogens (tertiary/aromatic N) is 3. The van der Waals surface area contributed by atoms with Crippen LogP contribution in [0.5, 0.6) is 0 Å². The van der Waals surface area contributed by atoms with Gasteiger partial charge in [-0.15, -0.1) is 0 Å². The van der Waals surface area contributed by atoms with Crippen LogP contribution in [0.2, 0.25) is 0 Å². The molecule has 0 radical (unpaired) electrons. The van der Waals surface area contributed by atoms with Crippen LogP contribution in [0, 0.1) is 11.7 Å². The molecule has 1 aromatic heterocycles. The third-order valence-corrected chi connectivity index (χ3v) is 4.31. The molecule has 3 rings (SSSR count). The van der Waals surface area contributed by atoms with E-state index < -0.39 is 5.97 Å². The van der Waals surface area contributed by atoms with E-state index >= 15 is 0 Å². The van der Waals surface area contributed by atoms with Crippen molar-refractivity contribution in [1.82, 2.24) is 9.55 Å². The lowest BCUT2D eigenvalue weighted by Gasteiger charge is -2.30. The molecule has 1 N–H and O–H groups in total. The molecule has 2 heterocycles. The number of benzene rings is 1. The average molecular weight is 331 g/mol. The molecule has 1 fully saturated rings. The summed E-state index contributed by atoms with van der Waals surface area (Å²) in [7, 11) is 0. The van der Waals surface area contributed by atoms with Gasteiger partial charge in [-0.3, -0.25) is 9.59 Å². The first kappa shape index (κ1) is 16.2. The van der Waals surface area contributed by atoms with Crippen molar-refractivity contribution in [3.63, 3.8) is 0 Å². The Balaban J connectivity index is 1.77. The van der Waals surface area contributed by atoms with Gasteiger partial charge in [0, 0.05) is 25.5 Å². The predicted molar refractivity (Wildman–Crippen MR) is 86.6 cm³/mol. The third-order valence-electron chi connectivity index (χ3n) is 4.31. The lowest BCUT2D eigenvalue weighted by molar-refractivity contribution is -0.142. The summed E-state index contributed by atoms with van der Waals surface area (Å²) in [5.41, 5.74) is 0.593.